The van der Waals surface area contributed by atoms with Gasteiger partial charge in [-0.05, 0) is 43.7 Å². The predicted molar refractivity (Wildman–Crippen MR) is 84.2 cm³/mol. The molecule has 0 aromatic carbocycles. The largest absolute Gasteiger partial charge is 0.372 e. The molecule has 2 fully saturated rings. The summed E-state index contributed by atoms with van der Waals surface area (Å²) in [6.07, 6.45) is 6.04. The van der Waals surface area contributed by atoms with Crippen LogP contribution in [0.1, 0.15) is 37.5 Å². The fourth-order valence-electron chi connectivity index (χ4n) is 2.87. The molecule has 4 heteroatoms. The zero-order valence-corrected chi connectivity index (χ0v) is 13.2. The van der Waals surface area contributed by atoms with Crippen LogP contribution >= 0.6 is 11.3 Å². The minimum atomic E-state index is 0.431. The molecule has 0 radical (unpaired) electrons. The van der Waals surface area contributed by atoms with E-state index >= 15 is 0 Å². The van der Waals surface area contributed by atoms with Crippen molar-refractivity contribution in [1.29, 1.82) is 0 Å². The first kappa shape index (κ1) is 14.5. The number of nitrogens with zero attached hydrogens (tertiary/aromatic N) is 1. The van der Waals surface area contributed by atoms with Gasteiger partial charge < -0.3 is 10.1 Å². The molecule has 0 spiro atoms. The minimum Gasteiger partial charge on any atom is -0.372 e. The van der Waals surface area contributed by atoms with Crippen molar-refractivity contribution in [2.75, 3.05) is 19.6 Å². The van der Waals surface area contributed by atoms with Crippen molar-refractivity contribution in [1.82, 2.24) is 10.2 Å². The first-order chi connectivity index (χ1) is 9.83. The summed E-state index contributed by atoms with van der Waals surface area (Å²) in [6, 6.07) is 5.16. The van der Waals surface area contributed by atoms with Crippen molar-refractivity contribution in [2.45, 2.75) is 57.4 Å². The van der Waals surface area contributed by atoms with Gasteiger partial charge in [-0.25, -0.2) is 0 Å². The summed E-state index contributed by atoms with van der Waals surface area (Å²) in [5.41, 5.74) is 0. The van der Waals surface area contributed by atoms with Crippen LogP contribution in [0, 0.1) is 0 Å². The summed E-state index contributed by atoms with van der Waals surface area (Å²) >= 11 is 1.85. The molecule has 1 N–H and O–H groups in total. The summed E-state index contributed by atoms with van der Waals surface area (Å²) in [7, 11) is 0. The van der Waals surface area contributed by atoms with Crippen LogP contribution in [0.5, 0.6) is 0 Å². The van der Waals surface area contributed by atoms with E-state index in [2.05, 4.69) is 34.7 Å². The molecule has 1 saturated carbocycles. The van der Waals surface area contributed by atoms with Gasteiger partial charge in [-0.1, -0.05) is 13.0 Å². The molecule has 20 heavy (non-hydrogen) atoms. The van der Waals surface area contributed by atoms with E-state index in [-0.39, 0.29) is 0 Å². The van der Waals surface area contributed by atoms with E-state index < -0.39 is 0 Å². The lowest BCUT2D eigenvalue weighted by atomic mass is 10.2. The zero-order valence-electron chi connectivity index (χ0n) is 12.4. The molecule has 3 rings (SSSR count). The summed E-state index contributed by atoms with van der Waals surface area (Å²) in [5.74, 6) is 0. The molecule has 1 aliphatic carbocycles. The molecule has 1 aromatic heterocycles. The molecule has 2 atom stereocenters. The Morgan fingerprint density at radius 3 is 2.85 bits per heavy atom. The van der Waals surface area contributed by atoms with E-state index in [0.29, 0.717) is 12.2 Å². The fourth-order valence-corrected chi connectivity index (χ4v) is 3.61. The Morgan fingerprint density at radius 2 is 2.15 bits per heavy atom. The minimum absolute atomic E-state index is 0.431. The van der Waals surface area contributed by atoms with Crippen molar-refractivity contribution >= 4 is 11.3 Å². The molecule has 1 aliphatic heterocycles. The number of rotatable bonds is 8. The summed E-state index contributed by atoms with van der Waals surface area (Å²) in [4.78, 5) is 3.96. The molecule has 2 unspecified atom stereocenters. The second kappa shape index (κ2) is 7.03. The van der Waals surface area contributed by atoms with Gasteiger partial charge in [0, 0.05) is 30.6 Å². The quantitative estimate of drug-likeness (QED) is 0.798. The SMILES string of the molecule is CCN(Cc1cccs1)CC1CCC(CNC2CC2)O1. The molecule has 3 nitrogen and oxygen atoms in total. The molecule has 0 amide bonds. The highest BCUT2D eigenvalue weighted by atomic mass is 32.1. The number of ether oxygens (including phenoxy) is 1. The van der Waals surface area contributed by atoms with Crippen molar-refractivity contribution in [3.63, 3.8) is 0 Å². The number of likely N-dealkylation sites (N-methyl/N-ethyl adjacent to an activating group) is 1. The van der Waals surface area contributed by atoms with Crippen LogP contribution in [0.15, 0.2) is 17.5 Å². The van der Waals surface area contributed by atoms with Gasteiger partial charge in [-0.2, -0.15) is 0 Å². The monoisotopic (exact) mass is 294 g/mol. The van der Waals surface area contributed by atoms with Crippen molar-refractivity contribution in [3.05, 3.63) is 22.4 Å². The summed E-state index contributed by atoms with van der Waals surface area (Å²) in [5, 5.41) is 5.75. The van der Waals surface area contributed by atoms with Crippen LogP contribution in [0.25, 0.3) is 0 Å². The Balaban J connectivity index is 1.39. The van der Waals surface area contributed by atoms with E-state index in [4.69, 9.17) is 4.74 Å². The Bertz CT molecular complexity index is 391. The second-order valence-electron chi connectivity index (χ2n) is 6.05. The predicted octanol–water partition coefficient (Wildman–Crippen LogP) is 2.87. The Labute approximate surface area is 126 Å². The maximum absolute atomic E-state index is 6.19. The second-order valence-corrected chi connectivity index (χ2v) is 7.08. The lowest BCUT2D eigenvalue weighted by molar-refractivity contribution is 0.0228. The Hall–Kier alpha value is -0.420. The van der Waals surface area contributed by atoms with Gasteiger partial charge in [0.15, 0.2) is 0 Å². The van der Waals surface area contributed by atoms with Crippen molar-refractivity contribution in [2.24, 2.45) is 0 Å². The highest BCUT2D eigenvalue weighted by Gasteiger charge is 2.28. The van der Waals surface area contributed by atoms with E-state index in [1.54, 1.807) is 0 Å². The van der Waals surface area contributed by atoms with Crippen LogP contribution in [-0.4, -0.2) is 42.8 Å². The molecule has 2 heterocycles. The first-order valence-electron chi connectivity index (χ1n) is 7.97. The molecule has 1 aromatic rings. The first-order valence-corrected chi connectivity index (χ1v) is 8.85. The number of hydrogen-bond donors (Lipinski definition) is 1. The summed E-state index contributed by atoms with van der Waals surface area (Å²) < 4.78 is 6.19. The standard InChI is InChI=1S/C16H26N2OS/c1-2-18(12-16-4-3-9-20-16)11-15-8-7-14(19-15)10-17-13-5-6-13/h3-4,9,13-15,17H,2,5-8,10-12H2,1H3. The topological polar surface area (TPSA) is 24.5 Å². The maximum atomic E-state index is 6.19. The summed E-state index contributed by atoms with van der Waals surface area (Å²) in [6.45, 7) is 6.54. The van der Waals surface area contributed by atoms with E-state index in [1.807, 2.05) is 11.3 Å². The molecular formula is C16H26N2OS. The smallest absolute Gasteiger partial charge is 0.0707 e. The zero-order chi connectivity index (χ0) is 13.8. The lowest BCUT2D eigenvalue weighted by Crippen LogP contribution is -2.33. The molecule has 112 valence electrons. The number of nitrogens with one attached hydrogen (secondary N) is 1. The third-order valence-corrected chi connectivity index (χ3v) is 5.14. The van der Waals surface area contributed by atoms with E-state index in [9.17, 15) is 0 Å². The Kier molecular flexibility index (Phi) is 5.10. The molecule has 0 bridgehead atoms. The number of thiophene rings is 1. The van der Waals surface area contributed by atoms with E-state index in [1.165, 1.54) is 30.6 Å². The average Bonchev–Trinajstić information content (AvgIpc) is 2.96. The van der Waals surface area contributed by atoms with Crippen LogP contribution in [0.3, 0.4) is 0 Å². The fraction of sp³-hybridized carbons (Fsp3) is 0.750. The van der Waals surface area contributed by atoms with Gasteiger partial charge in [0.05, 0.1) is 12.2 Å². The third kappa shape index (κ3) is 4.29. The van der Waals surface area contributed by atoms with Crippen LogP contribution in [-0.2, 0) is 11.3 Å². The van der Waals surface area contributed by atoms with Gasteiger partial charge in [0.2, 0.25) is 0 Å². The van der Waals surface area contributed by atoms with Crippen molar-refractivity contribution in [3.8, 4) is 0 Å². The van der Waals surface area contributed by atoms with Gasteiger partial charge in [0.1, 0.15) is 0 Å². The highest BCUT2D eigenvalue weighted by molar-refractivity contribution is 7.09. The van der Waals surface area contributed by atoms with Crippen LogP contribution in [0.4, 0.5) is 0 Å². The normalized spacial score (nSPS) is 26.5. The van der Waals surface area contributed by atoms with Gasteiger partial charge in [-0.3, -0.25) is 4.90 Å². The average molecular weight is 294 g/mol. The van der Waals surface area contributed by atoms with Crippen LogP contribution in [0.2, 0.25) is 0 Å². The molecule has 1 saturated heterocycles. The van der Waals surface area contributed by atoms with Crippen LogP contribution < -0.4 is 5.32 Å². The number of hydrogen-bond acceptors (Lipinski definition) is 4. The highest BCUT2D eigenvalue weighted by Crippen LogP contribution is 2.23. The maximum Gasteiger partial charge on any atom is 0.0707 e. The van der Waals surface area contributed by atoms with Gasteiger partial charge in [-0.15, -0.1) is 11.3 Å². The van der Waals surface area contributed by atoms with Gasteiger partial charge in [0.25, 0.3) is 0 Å². The van der Waals surface area contributed by atoms with Crippen molar-refractivity contribution < 1.29 is 4.74 Å². The Morgan fingerprint density at radius 1 is 1.30 bits per heavy atom. The molecule has 2 aliphatic rings. The molecular weight excluding hydrogens is 268 g/mol. The van der Waals surface area contributed by atoms with Gasteiger partial charge >= 0.3 is 0 Å². The van der Waals surface area contributed by atoms with E-state index in [0.717, 1.165) is 32.2 Å². The third-order valence-electron chi connectivity index (χ3n) is 4.28. The lowest BCUT2D eigenvalue weighted by Gasteiger charge is -2.23.